The summed E-state index contributed by atoms with van der Waals surface area (Å²) in [5, 5.41) is 8.99. The Hall–Kier alpha value is -2.09. The molecular formula is C8H6N4O. The van der Waals surface area contributed by atoms with Gasteiger partial charge in [-0.3, -0.25) is 4.79 Å². The topological polar surface area (TPSA) is 85.3 Å². The van der Waals surface area contributed by atoms with Crippen molar-refractivity contribution in [1.82, 2.24) is 15.0 Å². The minimum Gasteiger partial charge on any atom is -0.345 e. The molecule has 0 fully saturated rings. The second-order valence-corrected chi connectivity index (χ2v) is 2.69. The van der Waals surface area contributed by atoms with E-state index in [2.05, 4.69) is 15.0 Å². The maximum atomic E-state index is 11.4. The molecule has 0 aliphatic rings. The molecule has 2 heterocycles. The van der Waals surface area contributed by atoms with E-state index in [1.165, 1.54) is 6.20 Å². The van der Waals surface area contributed by atoms with Gasteiger partial charge in [-0.15, -0.1) is 0 Å². The molecule has 0 aromatic carbocycles. The van der Waals surface area contributed by atoms with E-state index < -0.39 is 0 Å². The standard InChI is InChI=1S/C8H6N4O/c1-4-11-7-6(8(13)12-4)5(2-9)3-10-7/h3H,1H3,(H2,10,11,12,13). The first-order valence-electron chi connectivity index (χ1n) is 3.70. The van der Waals surface area contributed by atoms with Gasteiger partial charge in [0.2, 0.25) is 0 Å². The monoisotopic (exact) mass is 174 g/mol. The van der Waals surface area contributed by atoms with E-state index in [9.17, 15) is 4.79 Å². The van der Waals surface area contributed by atoms with Crippen molar-refractivity contribution in [3.05, 3.63) is 27.9 Å². The van der Waals surface area contributed by atoms with Crippen LogP contribution in [-0.2, 0) is 0 Å². The SMILES string of the molecule is Cc1nc2[nH]cc(C#N)c2c(=O)[nH]1. The molecule has 0 spiro atoms. The average Bonchev–Trinajstić information content (AvgIpc) is 2.47. The van der Waals surface area contributed by atoms with Crippen LogP contribution in [0.5, 0.6) is 0 Å². The van der Waals surface area contributed by atoms with Gasteiger partial charge in [-0.2, -0.15) is 5.26 Å². The molecule has 0 bridgehead atoms. The van der Waals surface area contributed by atoms with Crippen LogP contribution in [0.1, 0.15) is 11.4 Å². The molecule has 0 radical (unpaired) electrons. The van der Waals surface area contributed by atoms with Gasteiger partial charge >= 0.3 is 0 Å². The van der Waals surface area contributed by atoms with Crippen molar-refractivity contribution in [2.24, 2.45) is 0 Å². The van der Waals surface area contributed by atoms with E-state index in [-0.39, 0.29) is 5.56 Å². The lowest BCUT2D eigenvalue weighted by Gasteiger charge is -1.91. The highest BCUT2D eigenvalue weighted by molar-refractivity contribution is 5.81. The van der Waals surface area contributed by atoms with Crippen LogP contribution in [-0.4, -0.2) is 15.0 Å². The first-order valence-corrected chi connectivity index (χ1v) is 3.70. The summed E-state index contributed by atoms with van der Waals surface area (Å²) in [5.74, 6) is 0.531. The second-order valence-electron chi connectivity index (χ2n) is 2.69. The summed E-state index contributed by atoms with van der Waals surface area (Å²) in [6, 6.07) is 1.92. The molecule has 2 aromatic heterocycles. The molecule has 5 nitrogen and oxygen atoms in total. The maximum absolute atomic E-state index is 11.4. The van der Waals surface area contributed by atoms with Crippen LogP contribution >= 0.6 is 0 Å². The summed E-state index contributed by atoms with van der Waals surface area (Å²) in [4.78, 5) is 20.7. The molecule has 0 aliphatic carbocycles. The number of aromatic amines is 2. The molecule has 0 atom stereocenters. The number of nitrogens with zero attached hydrogens (tertiary/aromatic N) is 2. The first-order chi connectivity index (χ1) is 6.22. The van der Waals surface area contributed by atoms with Gasteiger partial charge in [-0.05, 0) is 6.92 Å². The Balaban J connectivity index is 3.01. The van der Waals surface area contributed by atoms with Crippen LogP contribution in [0.3, 0.4) is 0 Å². The number of fused-ring (bicyclic) bond motifs is 1. The minimum atomic E-state index is -0.277. The summed E-state index contributed by atoms with van der Waals surface area (Å²) < 4.78 is 0. The smallest absolute Gasteiger partial charge is 0.261 e. The highest BCUT2D eigenvalue weighted by Gasteiger charge is 2.08. The molecule has 0 aliphatic heterocycles. The zero-order valence-electron chi connectivity index (χ0n) is 6.88. The van der Waals surface area contributed by atoms with E-state index in [1.54, 1.807) is 6.92 Å². The number of hydrogen-bond acceptors (Lipinski definition) is 3. The van der Waals surface area contributed by atoms with E-state index in [4.69, 9.17) is 5.26 Å². The predicted molar refractivity (Wildman–Crippen MR) is 46.2 cm³/mol. The van der Waals surface area contributed by atoms with Gasteiger partial charge in [0, 0.05) is 6.20 Å². The van der Waals surface area contributed by atoms with Crippen LogP contribution in [0.25, 0.3) is 11.0 Å². The van der Waals surface area contributed by atoms with Crippen LogP contribution in [0, 0.1) is 18.3 Å². The summed E-state index contributed by atoms with van der Waals surface area (Å²) in [5.41, 5.74) is 0.502. The normalized spacial score (nSPS) is 10.2. The fraction of sp³-hybridized carbons (Fsp3) is 0.125. The van der Waals surface area contributed by atoms with E-state index in [0.29, 0.717) is 22.4 Å². The molecule has 0 unspecified atom stereocenters. The lowest BCUT2D eigenvalue weighted by molar-refractivity contribution is 1.05. The molecule has 2 rings (SSSR count). The van der Waals surface area contributed by atoms with Gasteiger partial charge in [0.15, 0.2) is 0 Å². The van der Waals surface area contributed by atoms with Gasteiger partial charge in [-0.1, -0.05) is 0 Å². The number of H-pyrrole nitrogens is 2. The Morgan fingerprint density at radius 1 is 1.62 bits per heavy atom. The van der Waals surface area contributed by atoms with Crippen LogP contribution in [0.4, 0.5) is 0 Å². The molecule has 0 saturated carbocycles. The first kappa shape index (κ1) is 7.55. The molecule has 2 N–H and O–H groups in total. The van der Waals surface area contributed by atoms with Gasteiger partial charge in [0.25, 0.3) is 5.56 Å². The summed E-state index contributed by atoms with van der Waals surface area (Å²) in [7, 11) is 0. The molecule has 13 heavy (non-hydrogen) atoms. The third kappa shape index (κ3) is 0.999. The van der Waals surface area contributed by atoms with Crippen molar-refractivity contribution in [1.29, 1.82) is 5.26 Å². The molecule has 5 heteroatoms. The van der Waals surface area contributed by atoms with Crippen molar-refractivity contribution < 1.29 is 0 Å². The van der Waals surface area contributed by atoms with Crippen LogP contribution in [0.2, 0.25) is 0 Å². The van der Waals surface area contributed by atoms with Crippen LogP contribution in [0.15, 0.2) is 11.0 Å². The predicted octanol–water partition coefficient (Wildman–Crippen LogP) is 0.431. The summed E-state index contributed by atoms with van der Waals surface area (Å²) >= 11 is 0. The number of aromatic nitrogens is 3. The van der Waals surface area contributed by atoms with Gasteiger partial charge in [-0.25, -0.2) is 4.98 Å². The third-order valence-corrected chi connectivity index (χ3v) is 1.78. The Morgan fingerprint density at radius 2 is 2.38 bits per heavy atom. The average molecular weight is 174 g/mol. The largest absolute Gasteiger partial charge is 0.345 e. The molecule has 2 aromatic rings. The van der Waals surface area contributed by atoms with E-state index in [1.807, 2.05) is 6.07 Å². The lowest BCUT2D eigenvalue weighted by Crippen LogP contribution is -2.09. The van der Waals surface area contributed by atoms with Gasteiger partial charge in [0.1, 0.15) is 22.9 Å². The van der Waals surface area contributed by atoms with Crippen molar-refractivity contribution in [3.63, 3.8) is 0 Å². The summed E-state index contributed by atoms with van der Waals surface area (Å²) in [6.45, 7) is 1.69. The van der Waals surface area contributed by atoms with Crippen molar-refractivity contribution in [2.75, 3.05) is 0 Å². The minimum absolute atomic E-state index is 0.277. The van der Waals surface area contributed by atoms with Gasteiger partial charge in [0.05, 0.1) is 5.56 Å². The summed E-state index contributed by atoms with van der Waals surface area (Å²) in [6.07, 6.45) is 1.48. The highest BCUT2D eigenvalue weighted by Crippen LogP contribution is 2.09. The molecular weight excluding hydrogens is 168 g/mol. The third-order valence-electron chi connectivity index (χ3n) is 1.78. The number of hydrogen-bond donors (Lipinski definition) is 2. The molecule has 64 valence electrons. The number of nitriles is 1. The Labute approximate surface area is 73.0 Å². The van der Waals surface area contributed by atoms with Gasteiger partial charge < -0.3 is 9.97 Å². The van der Waals surface area contributed by atoms with Crippen LogP contribution < -0.4 is 5.56 Å². The quantitative estimate of drug-likeness (QED) is 0.607. The number of nitrogens with one attached hydrogen (secondary N) is 2. The fourth-order valence-corrected chi connectivity index (χ4v) is 1.24. The van der Waals surface area contributed by atoms with E-state index in [0.717, 1.165) is 0 Å². The Bertz CT molecular complexity index is 558. The Morgan fingerprint density at radius 3 is 3.08 bits per heavy atom. The molecule has 0 saturated heterocycles. The number of rotatable bonds is 0. The zero-order chi connectivity index (χ0) is 9.42. The highest BCUT2D eigenvalue weighted by atomic mass is 16.1. The molecule has 0 amide bonds. The fourth-order valence-electron chi connectivity index (χ4n) is 1.24. The Kier molecular flexibility index (Phi) is 1.43. The van der Waals surface area contributed by atoms with E-state index >= 15 is 0 Å². The van der Waals surface area contributed by atoms with Crippen molar-refractivity contribution in [3.8, 4) is 6.07 Å². The van der Waals surface area contributed by atoms with Crippen molar-refractivity contribution >= 4 is 11.0 Å². The number of aryl methyl sites for hydroxylation is 1. The lowest BCUT2D eigenvalue weighted by atomic mass is 10.3. The van der Waals surface area contributed by atoms with Crippen molar-refractivity contribution in [2.45, 2.75) is 6.92 Å². The maximum Gasteiger partial charge on any atom is 0.261 e. The zero-order valence-corrected chi connectivity index (χ0v) is 6.88. The second kappa shape index (κ2) is 2.45.